The second-order valence-corrected chi connectivity index (χ2v) is 8.51. The number of carbonyl (C=O) groups excluding carboxylic acids is 2. The van der Waals surface area contributed by atoms with Crippen molar-refractivity contribution in [1.82, 2.24) is 10.2 Å². The van der Waals surface area contributed by atoms with Crippen molar-refractivity contribution < 1.29 is 19.1 Å². The van der Waals surface area contributed by atoms with Gasteiger partial charge in [0.2, 0.25) is 11.8 Å². The van der Waals surface area contributed by atoms with Gasteiger partial charge in [-0.05, 0) is 55.2 Å². The summed E-state index contributed by atoms with van der Waals surface area (Å²) in [4.78, 5) is 27.4. The smallest absolute Gasteiger partial charge is 0.242 e. The number of amides is 2. The second-order valence-electron chi connectivity index (χ2n) is 7.59. The number of hydrogen-bond acceptors (Lipinski definition) is 4. The van der Waals surface area contributed by atoms with Gasteiger partial charge in [0.05, 0.1) is 0 Å². The van der Waals surface area contributed by atoms with Gasteiger partial charge in [-0.25, -0.2) is 0 Å². The fourth-order valence-electron chi connectivity index (χ4n) is 3.40. The van der Waals surface area contributed by atoms with E-state index in [9.17, 15) is 9.59 Å². The highest BCUT2D eigenvalue weighted by Gasteiger charge is 2.26. The Morgan fingerprint density at radius 2 is 1.74 bits per heavy atom. The molecule has 3 rings (SSSR count). The third-order valence-electron chi connectivity index (χ3n) is 5.22. The maximum absolute atomic E-state index is 13.2. The van der Waals surface area contributed by atoms with Crippen molar-refractivity contribution in [1.29, 1.82) is 0 Å². The number of nitrogens with one attached hydrogen (secondary N) is 1. The van der Waals surface area contributed by atoms with Gasteiger partial charge in [-0.3, -0.25) is 9.59 Å². The van der Waals surface area contributed by atoms with Gasteiger partial charge in [0.15, 0.2) is 11.5 Å². The summed E-state index contributed by atoms with van der Waals surface area (Å²) in [7, 11) is 0. The lowest BCUT2D eigenvalue weighted by atomic mass is 10.1. The average Bonchev–Trinajstić information content (AvgIpc) is 2.80. The average molecular weight is 489 g/mol. The first-order chi connectivity index (χ1) is 15.0. The van der Waals surface area contributed by atoms with Gasteiger partial charge >= 0.3 is 0 Å². The van der Waals surface area contributed by atoms with Crippen LogP contribution in [0, 0.1) is 0 Å². The minimum atomic E-state index is -0.553. The molecule has 0 bridgehead atoms. The highest BCUT2D eigenvalue weighted by atomic mass is 79.9. The number of benzene rings is 2. The quantitative estimate of drug-likeness (QED) is 0.576. The van der Waals surface area contributed by atoms with Crippen LogP contribution in [-0.4, -0.2) is 42.5 Å². The SMILES string of the molecule is CCCNC(=O)C(C)N(Cc1ccc(Br)cc1)C(=O)CCc1ccc2c(c1)OCCO2. The number of ether oxygens (including phenoxy) is 2. The van der Waals surface area contributed by atoms with Crippen molar-refractivity contribution in [2.45, 2.75) is 45.7 Å². The van der Waals surface area contributed by atoms with Crippen molar-refractivity contribution in [2.24, 2.45) is 0 Å². The van der Waals surface area contributed by atoms with Gasteiger partial charge in [0.1, 0.15) is 19.3 Å². The van der Waals surface area contributed by atoms with Crippen LogP contribution in [0.2, 0.25) is 0 Å². The Hall–Kier alpha value is -2.54. The molecule has 0 spiro atoms. The molecule has 7 heteroatoms. The molecule has 1 heterocycles. The first-order valence-electron chi connectivity index (χ1n) is 10.7. The number of carbonyl (C=O) groups is 2. The molecular formula is C24H29BrN2O4. The van der Waals surface area contributed by atoms with E-state index >= 15 is 0 Å². The molecule has 0 aromatic heterocycles. The van der Waals surface area contributed by atoms with Crippen molar-refractivity contribution >= 4 is 27.7 Å². The summed E-state index contributed by atoms with van der Waals surface area (Å²) >= 11 is 3.43. The molecule has 0 saturated heterocycles. The monoisotopic (exact) mass is 488 g/mol. The lowest BCUT2D eigenvalue weighted by Crippen LogP contribution is -2.47. The molecule has 1 atom stereocenters. The third kappa shape index (κ3) is 6.47. The second kappa shape index (κ2) is 11.2. The van der Waals surface area contributed by atoms with E-state index in [4.69, 9.17) is 9.47 Å². The molecule has 1 aliphatic heterocycles. The molecule has 2 aromatic carbocycles. The fraction of sp³-hybridized carbons (Fsp3) is 0.417. The minimum Gasteiger partial charge on any atom is -0.486 e. The zero-order valence-electron chi connectivity index (χ0n) is 18.0. The van der Waals surface area contributed by atoms with Gasteiger partial charge in [-0.2, -0.15) is 0 Å². The van der Waals surface area contributed by atoms with Crippen LogP contribution in [0.25, 0.3) is 0 Å². The molecule has 1 N–H and O–H groups in total. The van der Waals surface area contributed by atoms with Crippen molar-refractivity contribution in [3.63, 3.8) is 0 Å². The summed E-state index contributed by atoms with van der Waals surface area (Å²) in [5.41, 5.74) is 1.98. The van der Waals surface area contributed by atoms with Crippen LogP contribution in [0.1, 0.15) is 37.8 Å². The maximum Gasteiger partial charge on any atom is 0.242 e. The molecule has 2 amide bonds. The Kier molecular flexibility index (Phi) is 8.35. The first-order valence-corrected chi connectivity index (χ1v) is 11.5. The molecule has 31 heavy (non-hydrogen) atoms. The topological polar surface area (TPSA) is 67.9 Å². The van der Waals surface area contributed by atoms with E-state index < -0.39 is 6.04 Å². The predicted molar refractivity (Wildman–Crippen MR) is 123 cm³/mol. The van der Waals surface area contributed by atoms with Crippen LogP contribution in [-0.2, 0) is 22.6 Å². The van der Waals surface area contributed by atoms with E-state index in [1.807, 2.05) is 49.4 Å². The molecule has 0 aliphatic carbocycles. The van der Waals surface area contributed by atoms with Gasteiger partial charge in [0.25, 0.3) is 0 Å². The lowest BCUT2D eigenvalue weighted by molar-refractivity contribution is -0.140. The van der Waals surface area contributed by atoms with Crippen LogP contribution < -0.4 is 14.8 Å². The number of fused-ring (bicyclic) bond motifs is 1. The number of nitrogens with zero attached hydrogens (tertiary/aromatic N) is 1. The van der Waals surface area contributed by atoms with Crippen LogP contribution >= 0.6 is 15.9 Å². The van der Waals surface area contributed by atoms with Gasteiger partial charge in [-0.15, -0.1) is 0 Å². The maximum atomic E-state index is 13.2. The predicted octanol–water partition coefficient (Wildman–Crippen LogP) is 4.10. The molecular weight excluding hydrogens is 460 g/mol. The lowest BCUT2D eigenvalue weighted by Gasteiger charge is -2.29. The fourth-order valence-corrected chi connectivity index (χ4v) is 3.67. The molecule has 1 unspecified atom stereocenters. The van der Waals surface area contributed by atoms with Crippen molar-refractivity contribution in [2.75, 3.05) is 19.8 Å². The van der Waals surface area contributed by atoms with E-state index in [-0.39, 0.29) is 11.8 Å². The molecule has 0 fully saturated rings. The molecule has 166 valence electrons. The van der Waals surface area contributed by atoms with Crippen LogP contribution in [0.15, 0.2) is 46.9 Å². The Bertz CT molecular complexity index is 901. The molecule has 6 nitrogen and oxygen atoms in total. The highest BCUT2D eigenvalue weighted by Crippen LogP contribution is 2.31. The largest absolute Gasteiger partial charge is 0.486 e. The molecule has 1 aliphatic rings. The van der Waals surface area contributed by atoms with Crippen LogP contribution in [0.3, 0.4) is 0 Å². The summed E-state index contributed by atoms with van der Waals surface area (Å²) in [5, 5.41) is 2.90. The Morgan fingerprint density at radius 1 is 1.06 bits per heavy atom. The number of halogens is 1. The summed E-state index contributed by atoms with van der Waals surface area (Å²) < 4.78 is 12.2. The van der Waals surface area contributed by atoms with E-state index in [0.717, 1.165) is 33.5 Å². The van der Waals surface area contributed by atoms with E-state index in [0.29, 0.717) is 39.1 Å². The van der Waals surface area contributed by atoms with Crippen LogP contribution in [0.5, 0.6) is 11.5 Å². The summed E-state index contributed by atoms with van der Waals surface area (Å²) in [6, 6.07) is 13.0. The standard InChI is InChI=1S/C24H29BrN2O4/c1-3-12-26-24(29)17(2)27(16-19-4-8-20(25)9-5-19)23(28)11-7-18-6-10-21-22(15-18)31-14-13-30-21/h4-6,8-10,15,17H,3,7,11-14,16H2,1-2H3,(H,26,29). The van der Waals surface area contributed by atoms with Crippen molar-refractivity contribution in [3.8, 4) is 11.5 Å². The Labute approximate surface area is 192 Å². The summed E-state index contributed by atoms with van der Waals surface area (Å²) in [6.07, 6.45) is 1.72. The molecule has 2 aromatic rings. The Balaban J connectivity index is 1.69. The zero-order valence-corrected chi connectivity index (χ0v) is 19.6. The van der Waals surface area contributed by atoms with Gasteiger partial charge < -0.3 is 19.7 Å². The van der Waals surface area contributed by atoms with E-state index in [1.54, 1.807) is 11.8 Å². The summed E-state index contributed by atoms with van der Waals surface area (Å²) in [5.74, 6) is 1.26. The molecule has 0 radical (unpaired) electrons. The Morgan fingerprint density at radius 3 is 2.45 bits per heavy atom. The van der Waals surface area contributed by atoms with Crippen molar-refractivity contribution in [3.05, 3.63) is 58.1 Å². The number of rotatable bonds is 9. The van der Waals surface area contributed by atoms with Crippen LogP contribution in [0.4, 0.5) is 0 Å². The normalized spacial score (nSPS) is 13.4. The third-order valence-corrected chi connectivity index (χ3v) is 5.75. The van der Waals surface area contributed by atoms with Gasteiger partial charge in [0, 0.05) is 24.0 Å². The zero-order chi connectivity index (χ0) is 22.2. The highest BCUT2D eigenvalue weighted by molar-refractivity contribution is 9.10. The summed E-state index contributed by atoms with van der Waals surface area (Å²) in [6.45, 7) is 5.85. The minimum absolute atomic E-state index is 0.0584. The number of hydrogen-bond donors (Lipinski definition) is 1. The first kappa shape index (κ1) is 23.1. The number of aryl methyl sites for hydroxylation is 1. The van der Waals surface area contributed by atoms with Gasteiger partial charge in [-0.1, -0.05) is 41.1 Å². The van der Waals surface area contributed by atoms with E-state index in [1.165, 1.54) is 0 Å². The molecule has 0 saturated carbocycles. The van der Waals surface area contributed by atoms with E-state index in [2.05, 4.69) is 21.2 Å².